The molecule has 0 N–H and O–H groups in total. The fourth-order valence-electron chi connectivity index (χ4n) is 1.54. The third-order valence-electron chi connectivity index (χ3n) is 2.49. The molecule has 0 heterocycles. The van der Waals surface area contributed by atoms with Gasteiger partial charge in [-0.3, -0.25) is 0 Å². The van der Waals surface area contributed by atoms with Gasteiger partial charge in [0.1, 0.15) is 0 Å². The zero-order valence-corrected chi connectivity index (χ0v) is 9.67. The van der Waals surface area contributed by atoms with Crippen LogP contribution in [0.25, 0.3) is 5.57 Å². The molecule has 0 amide bonds. The summed E-state index contributed by atoms with van der Waals surface area (Å²) in [5, 5.41) is 0. The molecule has 0 atom stereocenters. The molecule has 0 fully saturated rings. The van der Waals surface area contributed by atoms with Gasteiger partial charge in [0.25, 0.3) is 0 Å². The van der Waals surface area contributed by atoms with Crippen LogP contribution < -0.4 is 0 Å². The largest absolute Gasteiger partial charge is 0.0841 e. The average molecular weight is 188 g/mol. The minimum atomic E-state index is 0.740. The highest BCUT2D eigenvalue weighted by Gasteiger charge is 1.98. The fraction of sp³-hybridized carbons (Fsp3) is 0.429. The van der Waals surface area contributed by atoms with E-state index in [-0.39, 0.29) is 0 Å². The van der Waals surface area contributed by atoms with E-state index in [1.165, 1.54) is 23.1 Å². The zero-order valence-electron chi connectivity index (χ0n) is 9.67. The quantitative estimate of drug-likeness (QED) is 0.663. The summed E-state index contributed by atoms with van der Waals surface area (Å²) in [6.07, 6.45) is 3.33. The lowest BCUT2D eigenvalue weighted by Crippen LogP contribution is -1.93. The molecule has 1 aromatic carbocycles. The standard InChI is InChI=1S/C14H20/c1-5-12(4)14-8-6-13(7-9-14)10-11(2)3/h5-9,11H,10H2,1-4H3/b12-5+. The van der Waals surface area contributed by atoms with E-state index in [9.17, 15) is 0 Å². The van der Waals surface area contributed by atoms with Crippen LogP contribution in [0.1, 0.15) is 38.8 Å². The van der Waals surface area contributed by atoms with Crippen LogP contribution in [0.3, 0.4) is 0 Å². The van der Waals surface area contributed by atoms with Crippen LogP contribution in [0.4, 0.5) is 0 Å². The van der Waals surface area contributed by atoms with Gasteiger partial charge in [0, 0.05) is 0 Å². The van der Waals surface area contributed by atoms with Gasteiger partial charge in [-0.25, -0.2) is 0 Å². The molecular weight excluding hydrogens is 168 g/mol. The van der Waals surface area contributed by atoms with Crippen LogP contribution in [0.15, 0.2) is 30.3 Å². The van der Waals surface area contributed by atoms with Crippen molar-refractivity contribution in [3.05, 3.63) is 41.5 Å². The predicted octanol–water partition coefficient (Wildman–Crippen LogP) is 4.31. The molecule has 0 nitrogen and oxygen atoms in total. The maximum Gasteiger partial charge on any atom is -0.0230 e. The van der Waals surface area contributed by atoms with Gasteiger partial charge in [-0.05, 0) is 42.9 Å². The lowest BCUT2D eigenvalue weighted by Gasteiger charge is -2.06. The number of benzene rings is 1. The highest BCUT2D eigenvalue weighted by atomic mass is 14.0. The first kappa shape index (κ1) is 11.0. The third kappa shape index (κ3) is 3.02. The SMILES string of the molecule is C/C=C(\C)c1ccc(CC(C)C)cc1. The topological polar surface area (TPSA) is 0 Å². The van der Waals surface area contributed by atoms with E-state index < -0.39 is 0 Å². The van der Waals surface area contributed by atoms with Crippen molar-refractivity contribution in [1.82, 2.24) is 0 Å². The number of allylic oxidation sites excluding steroid dienone is 2. The van der Waals surface area contributed by atoms with Crippen LogP contribution in [0, 0.1) is 5.92 Å². The van der Waals surface area contributed by atoms with E-state index in [4.69, 9.17) is 0 Å². The number of hydrogen-bond donors (Lipinski definition) is 0. The van der Waals surface area contributed by atoms with Gasteiger partial charge in [-0.1, -0.05) is 44.2 Å². The summed E-state index contributed by atoms with van der Waals surface area (Å²) < 4.78 is 0. The smallest absolute Gasteiger partial charge is 0.0230 e. The second-order valence-electron chi connectivity index (χ2n) is 4.27. The van der Waals surface area contributed by atoms with Gasteiger partial charge in [0.2, 0.25) is 0 Å². The molecule has 0 aliphatic heterocycles. The molecule has 1 rings (SSSR count). The molecule has 0 saturated carbocycles. The molecule has 0 aliphatic carbocycles. The predicted molar refractivity (Wildman–Crippen MR) is 64.3 cm³/mol. The van der Waals surface area contributed by atoms with E-state index in [2.05, 4.69) is 58.0 Å². The monoisotopic (exact) mass is 188 g/mol. The van der Waals surface area contributed by atoms with Crippen molar-refractivity contribution in [2.45, 2.75) is 34.1 Å². The Balaban J connectivity index is 2.78. The van der Waals surface area contributed by atoms with Crippen LogP contribution in [-0.2, 0) is 6.42 Å². The van der Waals surface area contributed by atoms with Gasteiger partial charge < -0.3 is 0 Å². The molecule has 14 heavy (non-hydrogen) atoms. The highest BCUT2D eigenvalue weighted by molar-refractivity contribution is 5.63. The van der Waals surface area contributed by atoms with Crippen molar-refractivity contribution >= 4 is 5.57 Å². The second-order valence-corrected chi connectivity index (χ2v) is 4.27. The van der Waals surface area contributed by atoms with Crippen LogP contribution in [0.5, 0.6) is 0 Å². The van der Waals surface area contributed by atoms with Crippen molar-refractivity contribution in [3.63, 3.8) is 0 Å². The molecule has 0 bridgehead atoms. The van der Waals surface area contributed by atoms with E-state index in [0.717, 1.165) is 5.92 Å². The van der Waals surface area contributed by atoms with E-state index in [0.29, 0.717) is 0 Å². The lowest BCUT2D eigenvalue weighted by molar-refractivity contribution is 0.647. The Morgan fingerprint density at radius 2 is 1.79 bits per heavy atom. The van der Waals surface area contributed by atoms with Crippen LogP contribution in [0.2, 0.25) is 0 Å². The first-order valence-corrected chi connectivity index (χ1v) is 5.35. The Hall–Kier alpha value is -1.04. The summed E-state index contributed by atoms with van der Waals surface area (Å²) in [7, 11) is 0. The van der Waals surface area contributed by atoms with Crippen molar-refractivity contribution in [2.75, 3.05) is 0 Å². The number of hydrogen-bond acceptors (Lipinski definition) is 0. The third-order valence-corrected chi connectivity index (χ3v) is 2.49. The van der Waals surface area contributed by atoms with E-state index in [1.807, 2.05) is 0 Å². The normalized spacial score (nSPS) is 12.2. The van der Waals surface area contributed by atoms with Crippen molar-refractivity contribution < 1.29 is 0 Å². The Kier molecular flexibility index (Phi) is 3.94. The molecule has 0 spiro atoms. The minimum absolute atomic E-state index is 0.740. The summed E-state index contributed by atoms with van der Waals surface area (Å²) in [6, 6.07) is 8.91. The van der Waals surface area contributed by atoms with Gasteiger partial charge in [-0.2, -0.15) is 0 Å². The van der Waals surface area contributed by atoms with Gasteiger partial charge in [0.15, 0.2) is 0 Å². The lowest BCUT2D eigenvalue weighted by atomic mass is 10.00. The van der Waals surface area contributed by atoms with E-state index in [1.54, 1.807) is 0 Å². The van der Waals surface area contributed by atoms with Crippen molar-refractivity contribution in [1.29, 1.82) is 0 Å². The molecule has 0 unspecified atom stereocenters. The summed E-state index contributed by atoms with van der Waals surface area (Å²) in [5.74, 6) is 0.740. The maximum absolute atomic E-state index is 2.26. The second kappa shape index (κ2) is 4.99. The minimum Gasteiger partial charge on any atom is -0.0841 e. The Bertz CT molecular complexity index is 301. The van der Waals surface area contributed by atoms with Crippen LogP contribution >= 0.6 is 0 Å². The molecule has 0 aliphatic rings. The van der Waals surface area contributed by atoms with Gasteiger partial charge >= 0.3 is 0 Å². The van der Waals surface area contributed by atoms with Gasteiger partial charge in [0.05, 0.1) is 0 Å². The Morgan fingerprint density at radius 3 is 2.21 bits per heavy atom. The molecular formula is C14H20. The zero-order chi connectivity index (χ0) is 10.6. The van der Waals surface area contributed by atoms with E-state index >= 15 is 0 Å². The fourth-order valence-corrected chi connectivity index (χ4v) is 1.54. The molecule has 76 valence electrons. The highest BCUT2D eigenvalue weighted by Crippen LogP contribution is 2.15. The number of rotatable bonds is 3. The van der Waals surface area contributed by atoms with Crippen molar-refractivity contribution in [2.24, 2.45) is 5.92 Å². The van der Waals surface area contributed by atoms with Gasteiger partial charge in [-0.15, -0.1) is 0 Å². The maximum atomic E-state index is 2.26. The Labute approximate surface area is 87.7 Å². The summed E-state index contributed by atoms with van der Waals surface area (Å²) in [5.41, 5.74) is 4.12. The first-order valence-electron chi connectivity index (χ1n) is 5.35. The molecule has 0 saturated heterocycles. The molecule has 0 aromatic heterocycles. The summed E-state index contributed by atoms with van der Waals surface area (Å²) >= 11 is 0. The molecule has 0 heteroatoms. The first-order chi connectivity index (χ1) is 6.63. The Morgan fingerprint density at radius 1 is 1.21 bits per heavy atom. The van der Waals surface area contributed by atoms with Crippen LogP contribution in [-0.4, -0.2) is 0 Å². The average Bonchev–Trinajstić information content (AvgIpc) is 2.17. The van der Waals surface area contributed by atoms with Crippen molar-refractivity contribution in [3.8, 4) is 0 Å². The summed E-state index contributed by atoms with van der Waals surface area (Å²) in [4.78, 5) is 0. The molecule has 0 radical (unpaired) electrons. The summed E-state index contributed by atoms with van der Waals surface area (Å²) in [6.45, 7) is 8.74. The molecule has 1 aromatic rings.